The molecule has 0 aromatic heterocycles. The van der Waals surface area contributed by atoms with E-state index in [-0.39, 0.29) is 12.2 Å². The van der Waals surface area contributed by atoms with Crippen LogP contribution in [0.4, 0.5) is 4.39 Å². The monoisotopic (exact) mass is 285 g/mol. The first-order valence-corrected chi connectivity index (χ1v) is 5.36. The highest BCUT2D eigenvalue weighted by atomic mass is 127. The van der Waals surface area contributed by atoms with Gasteiger partial charge >= 0.3 is 0 Å². The summed E-state index contributed by atoms with van der Waals surface area (Å²) < 4.78 is 12.1. The Labute approximate surface area is 87.7 Å². The summed E-state index contributed by atoms with van der Waals surface area (Å²) in [5, 5.41) is 0. The maximum absolute atomic E-state index is 11.7. The minimum absolute atomic E-state index is 0.104. The van der Waals surface area contributed by atoms with Gasteiger partial charge in [0.05, 0.1) is 0 Å². The molecule has 0 saturated carbocycles. The summed E-state index contributed by atoms with van der Waals surface area (Å²) in [6.07, 6.45) is 5.44. The second-order valence-electron chi connectivity index (χ2n) is 3.63. The highest BCUT2D eigenvalue weighted by Gasteiger charge is 2.11. The van der Waals surface area contributed by atoms with Crippen molar-refractivity contribution in [3.05, 3.63) is 12.2 Å². The molecule has 0 aliphatic rings. The molecule has 0 aliphatic heterocycles. The van der Waals surface area contributed by atoms with Crippen LogP contribution in [0.2, 0.25) is 0 Å². The Hall–Kier alpha value is 0.360. The number of rotatable bonds is 5. The summed E-state index contributed by atoms with van der Waals surface area (Å²) in [6, 6.07) is 0. The Morgan fingerprint density at radius 2 is 2.17 bits per heavy atom. The number of allylic oxidation sites excluding steroid dienone is 2. The Kier molecular flexibility index (Phi) is 6.09. The maximum Gasteiger partial charge on any atom is 0.108 e. The van der Waals surface area contributed by atoms with E-state index >= 15 is 0 Å². The fourth-order valence-corrected chi connectivity index (χ4v) is 1.41. The predicted molar refractivity (Wildman–Crippen MR) is 60.4 cm³/mol. The molecule has 3 heteroatoms. The molecule has 0 saturated heterocycles. The van der Waals surface area contributed by atoms with E-state index < -0.39 is 0 Å². The number of hydrogen-bond donors (Lipinski definition) is 1. The van der Waals surface area contributed by atoms with Crippen molar-refractivity contribution in [2.75, 3.05) is 6.67 Å². The van der Waals surface area contributed by atoms with Gasteiger partial charge < -0.3 is 5.73 Å². The Morgan fingerprint density at radius 3 is 2.58 bits per heavy atom. The normalized spacial score (nSPS) is 15.4. The largest absolute Gasteiger partial charge is 0.326 e. The molecule has 0 radical (unpaired) electrons. The second-order valence-corrected chi connectivity index (χ2v) is 5.23. The van der Waals surface area contributed by atoms with E-state index in [0.29, 0.717) is 3.92 Å². The van der Waals surface area contributed by atoms with Gasteiger partial charge in [-0.1, -0.05) is 34.7 Å². The zero-order valence-corrected chi connectivity index (χ0v) is 9.84. The predicted octanol–water partition coefficient (Wildman–Crippen LogP) is 2.83. The quantitative estimate of drug-likeness (QED) is 0.469. The summed E-state index contributed by atoms with van der Waals surface area (Å²) in [4.78, 5) is 0. The molecule has 0 amide bonds. The topological polar surface area (TPSA) is 26.0 Å². The Morgan fingerprint density at radius 1 is 1.58 bits per heavy atom. The smallest absolute Gasteiger partial charge is 0.108 e. The minimum atomic E-state index is -0.370. The van der Waals surface area contributed by atoms with Crippen LogP contribution in [-0.2, 0) is 0 Å². The first-order valence-electron chi connectivity index (χ1n) is 4.11. The van der Waals surface area contributed by atoms with Gasteiger partial charge in [-0.2, -0.15) is 0 Å². The van der Waals surface area contributed by atoms with Gasteiger partial charge in [-0.05, 0) is 26.7 Å². The zero-order valence-electron chi connectivity index (χ0n) is 7.69. The van der Waals surface area contributed by atoms with Crippen molar-refractivity contribution in [1.82, 2.24) is 0 Å². The molecule has 0 spiro atoms. The first kappa shape index (κ1) is 12.4. The lowest BCUT2D eigenvalue weighted by atomic mass is 9.99. The maximum atomic E-state index is 11.7. The third kappa shape index (κ3) is 8.46. The van der Waals surface area contributed by atoms with Crippen LogP contribution in [0.1, 0.15) is 26.7 Å². The van der Waals surface area contributed by atoms with Gasteiger partial charge in [-0.3, -0.25) is 0 Å². The molecule has 1 nitrogen and oxygen atoms in total. The summed E-state index contributed by atoms with van der Waals surface area (Å²) >= 11 is 2.30. The Balaban J connectivity index is 3.57. The molecule has 0 aromatic rings. The number of alkyl halides is 2. The summed E-state index contributed by atoms with van der Waals surface area (Å²) in [7, 11) is 0. The first-order chi connectivity index (χ1) is 5.45. The van der Waals surface area contributed by atoms with Crippen LogP contribution in [0, 0.1) is 0 Å². The van der Waals surface area contributed by atoms with Crippen molar-refractivity contribution in [2.24, 2.45) is 5.73 Å². The fraction of sp³-hybridized carbons (Fsp3) is 0.778. The molecule has 0 aliphatic carbocycles. The molecule has 0 fully saturated rings. The van der Waals surface area contributed by atoms with E-state index in [1.165, 1.54) is 0 Å². The van der Waals surface area contributed by atoms with E-state index in [2.05, 4.69) is 22.6 Å². The summed E-state index contributed by atoms with van der Waals surface area (Å²) in [5.41, 5.74) is 5.71. The van der Waals surface area contributed by atoms with Crippen LogP contribution in [0.3, 0.4) is 0 Å². The lowest BCUT2D eigenvalue weighted by Gasteiger charge is -2.18. The molecule has 2 N–H and O–H groups in total. The van der Waals surface area contributed by atoms with Crippen LogP contribution in [-0.4, -0.2) is 16.1 Å². The molecule has 72 valence electrons. The van der Waals surface area contributed by atoms with Crippen molar-refractivity contribution in [3.8, 4) is 0 Å². The molecular formula is C9H17FIN. The number of nitrogens with two attached hydrogens (primary N) is 1. The van der Waals surface area contributed by atoms with Gasteiger partial charge in [0.25, 0.3) is 0 Å². The summed E-state index contributed by atoms with van der Waals surface area (Å²) in [6.45, 7) is 3.65. The molecule has 12 heavy (non-hydrogen) atoms. The van der Waals surface area contributed by atoms with Crippen LogP contribution in [0.15, 0.2) is 12.2 Å². The lowest BCUT2D eigenvalue weighted by Crippen LogP contribution is -2.32. The van der Waals surface area contributed by atoms with Gasteiger partial charge in [0, 0.05) is 9.46 Å². The van der Waals surface area contributed by atoms with E-state index in [1.807, 2.05) is 19.9 Å². The SMILES string of the molecule is CC(C)(N)CC[C@H](I)/C=C\CF. The Bertz CT molecular complexity index is 140. The third-order valence-electron chi connectivity index (χ3n) is 1.50. The summed E-state index contributed by atoms with van der Waals surface area (Å²) in [5.74, 6) is 0. The number of hydrogen-bond acceptors (Lipinski definition) is 1. The lowest BCUT2D eigenvalue weighted by molar-refractivity contribution is 0.465. The van der Waals surface area contributed by atoms with Crippen molar-refractivity contribution in [3.63, 3.8) is 0 Å². The van der Waals surface area contributed by atoms with E-state index in [9.17, 15) is 4.39 Å². The average Bonchev–Trinajstić information content (AvgIpc) is 1.95. The van der Waals surface area contributed by atoms with E-state index in [0.717, 1.165) is 12.8 Å². The highest BCUT2D eigenvalue weighted by Crippen LogP contribution is 2.16. The zero-order chi connectivity index (χ0) is 9.61. The van der Waals surface area contributed by atoms with Gasteiger partial charge in [-0.15, -0.1) is 0 Å². The van der Waals surface area contributed by atoms with Crippen LogP contribution in [0.25, 0.3) is 0 Å². The van der Waals surface area contributed by atoms with E-state index in [1.54, 1.807) is 6.08 Å². The van der Waals surface area contributed by atoms with Crippen molar-refractivity contribution in [1.29, 1.82) is 0 Å². The van der Waals surface area contributed by atoms with Crippen molar-refractivity contribution < 1.29 is 4.39 Å². The molecule has 0 bridgehead atoms. The molecule has 0 aromatic carbocycles. The van der Waals surface area contributed by atoms with Crippen LogP contribution in [0.5, 0.6) is 0 Å². The van der Waals surface area contributed by atoms with Crippen LogP contribution < -0.4 is 5.73 Å². The van der Waals surface area contributed by atoms with Gasteiger partial charge in [-0.25, -0.2) is 4.39 Å². The molecule has 0 heterocycles. The molecule has 0 unspecified atom stereocenters. The highest BCUT2D eigenvalue weighted by molar-refractivity contribution is 14.1. The van der Waals surface area contributed by atoms with Gasteiger partial charge in [0.15, 0.2) is 0 Å². The molecule has 1 atom stereocenters. The van der Waals surface area contributed by atoms with Crippen molar-refractivity contribution in [2.45, 2.75) is 36.2 Å². The fourth-order valence-electron chi connectivity index (χ4n) is 0.805. The molecular weight excluding hydrogens is 268 g/mol. The minimum Gasteiger partial charge on any atom is -0.326 e. The number of halogens is 2. The van der Waals surface area contributed by atoms with Gasteiger partial charge in [0.2, 0.25) is 0 Å². The van der Waals surface area contributed by atoms with E-state index in [4.69, 9.17) is 5.73 Å². The second kappa shape index (κ2) is 5.91. The van der Waals surface area contributed by atoms with Crippen LogP contribution >= 0.6 is 22.6 Å². The average molecular weight is 285 g/mol. The third-order valence-corrected chi connectivity index (χ3v) is 2.54. The molecule has 0 rings (SSSR count). The standard InChI is InChI=1S/C9H17FIN/c1-9(2,12)6-5-8(11)4-3-7-10/h3-4,8H,5-7,12H2,1-2H3/b4-3-/t8-/m1/s1. The van der Waals surface area contributed by atoms with Crippen molar-refractivity contribution >= 4 is 22.6 Å². The van der Waals surface area contributed by atoms with Gasteiger partial charge in [0.1, 0.15) is 6.67 Å².